The Morgan fingerprint density at radius 1 is 1.23 bits per heavy atom. The number of rotatable bonds is 4. The van der Waals surface area contributed by atoms with E-state index < -0.39 is 10.8 Å². The van der Waals surface area contributed by atoms with E-state index in [4.69, 9.17) is 0 Å². The molecule has 26 heavy (non-hydrogen) atoms. The van der Waals surface area contributed by atoms with Gasteiger partial charge in [0.15, 0.2) is 0 Å². The number of fused-ring (bicyclic) bond motifs is 1. The molecule has 0 bridgehead atoms. The largest absolute Gasteiger partial charge is 0.506 e. The van der Waals surface area contributed by atoms with Gasteiger partial charge in [0, 0.05) is 22.2 Å². The highest BCUT2D eigenvalue weighted by Crippen LogP contribution is 2.29. The highest BCUT2D eigenvalue weighted by atomic mass is 127. The predicted octanol–water partition coefficient (Wildman–Crippen LogP) is 4.49. The number of carbonyl (C=O) groups is 1. The third kappa shape index (κ3) is 4.12. The molecule has 0 saturated carbocycles. The Labute approximate surface area is 178 Å². The maximum Gasteiger partial charge on any atom is 0.281 e. The first kappa shape index (κ1) is 19.0. The smallest absolute Gasteiger partial charge is 0.281 e. The molecule has 0 aliphatic carbocycles. The zero-order chi connectivity index (χ0) is 18.8. The quantitative estimate of drug-likeness (QED) is 0.202. The van der Waals surface area contributed by atoms with E-state index in [1.54, 1.807) is 24.3 Å². The van der Waals surface area contributed by atoms with Crippen molar-refractivity contribution in [2.75, 3.05) is 0 Å². The lowest BCUT2D eigenvalue weighted by Crippen LogP contribution is -2.16. The second-order valence-corrected chi connectivity index (χ2v) is 8.53. The summed E-state index contributed by atoms with van der Waals surface area (Å²) < 4.78 is 2.16. The Kier molecular flexibility index (Phi) is 5.72. The van der Waals surface area contributed by atoms with Crippen molar-refractivity contribution in [3.63, 3.8) is 0 Å². The number of aromatic hydroxyl groups is 1. The molecular weight excluding hydrogens is 584 g/mol. The number of non-ortho nitro benzene ring substituents is 1. The van der Waals surface area contributed by atoms with Gasteiger partial charge in [-0.25, -0.2) is 5.43 Å². The Balaban J connectivity index is 1.76. The van der Waals surface area contributed by atoms with Crippen molar-refractivity contribution in [1.29, 1.82) is 0 Å². The number of hydrogen-bond acceptors (Lipinski definition) is 6. The van der Waals surface area contributed by atoms with E-state index >= 15 is 0 Å². The molecule has 0 aliphatic heterocycles. The molecular formula is C16H9I2N3O4S. The first-order chi connectivity index (χ1) is 12.3. The van der Waals surface area contributed by atoms with Gasteiger partial charge in [0.1, 0.15) is 5.75 Å². The minimum atomic E-state index is -0.471. The normalized spacial score (nSPS) is 11.2. The van der Waals surface area contributed by atoms with Gasteiger partial charge in [-0.15, -0.1) is 11.3 Å². The molecule has 7 nitrogen and oxygen atoms in total. The molecule has 0 atom stereocenters. The summed E-state index contributed by atoms with van der Waals surface area (Å²) in [7, 11) is 0. The van der Waals surface area contributed by atoms with E-state index in [1.165, 1.54) is 29.7 Å². The average Bonchev–Trinajstić information content (AvgIpc) is 3.02. The number of hydrazone groups is 1. The van der Waals surface area contributed by atoms with Crippen molar-refractivity contribution in [3.05, 3.63) is 64.1 Å². The zero-order valence-electron chi connectivity index (χ0n) is 12.8. The van der Waals surface area contributed by atoms with Crippen LogP contribution in [0.25, 0.3) is 10.1 Å². The molecule has 1 aromatic heterocycles. The molecule has 132 valence electrons. The molecule has 0 spiro atoms. The number of nitro groups is 1. The fourth-order valence-electron chi connectivity index (χ4n) is 2.14. The van der Waals surface area contributed by atoms with Gasteiger partial charge in [0.05, 0.1) is 23.2 Å². The summed E-state index contributed by atoms with van der Waals surface area (Å²) in [5.74, 6) is -0.181. The molecule has 1 heterocycles. The van der Waals surface area contributed by atoms with Gasteiger partial charge in [0.2, 0.25) is 0 Å². The number of nitrogens with one attached hydrogen (secondary N) is 1. The van der Waals surface area contributed by atoms with Gasteiger partial charge in [-0.2, -0.15) is 5.10 Å². The maximum absolute atomic E-state index is 12.2. The summed E-state index contributed by atoms with van der Waals surface area (Å²) in [6.07, 6.45) is 1.49. The van der Waals surface area contributed by atoms with Crippen molar-refractivity contribution < 1.29 is 14.8 Å². The van der Waals surface area contributed by atoms with Crippen LogP contribution in [0.15, 0.2) is 41.5 Å². The van der Waals surface area contributed by atoms with E-state index in [-0.39, 0.29) is 11.4 Å². The van der Waals surface area contributed by atoms with Crippen molar-refractivity contribution in [2.24, 2.45) is 5.10 Å². The molecule has 1 amide bonds. The number of nitrogens with zero attached hydrogens (tertiary/aromatic N) is 2. The number of phenolic OH excluding ortho intramolecular Hbond substituents is 1. The van der Waals surface area contributed by atoms with Gasteiger partial charge >= 0.3 is 0 Å². The molecule has 0 aliphatic rings. The van der Waals surface area contributed by atoms with Crippen LogP contribution in [0.2, 0.25) is 0 Å². The lowest BCUT2D eigenvalue weighted by atomic mass is 10.2. The van der Waals surface area contributed by atoms with Crippen LogP contribution in [0.3, 0.4) is 0 Å². The van der Waals surface area contributed by atoms with Crippen LogP contribution in [0.5, 0.6) is 5.75 Å². The van der Waals surface area contributed by atoms with Crippen molar-refractivity contribution in [1.82, 2.24) is 5.43 Å². The van der Waals surface area contributed by atoms with Gasteiger partial charge in [-0.1, -0.05) is 0 Å². The van der Waals surface area contributed by atoms with Gasteiger partial charge in [-0.3, -0.25) is 14.9 Å². The number of hydrogen-bond donors (Lipinski definition) is 2. The van der Waals surface area contributed by atoms with E-state index in [0.29, 0.717) is 17.4 Å². The van der Waals surface area contributed by atoms with E-state index in [9.17, 15) is 20.0 Å². The van der Waals surface area contributed by atoms with Gasteiger partial charge in [0.25, 0.3) is 11.6 Å². The number of nitro benzene ring substituents is 1. The third-order valence-electron chi connectivity index (χ3n) is 3.35. The van der Waals surface area contributed by atoms with Crippen LogP contribution < -0.4 is 5.43 Å². The fraction of sp³-hybridized carbons (Fsp3) is 0. The van der Waals surface area contributed by atoms with E-state index in [2.05, 4.69) is 10.5 Å². The SMILES string of the molecule is O=C(N/N=C\c1cc(I)c(O)c(I)c1)c1cc2cc([N+](=O)[O-])ccc2s1. The molecule has 2 aromatic carbocycles. The van der Waals surface area contributed by atoms with Crippen molar-refractivity contribution in [3.8, 4) is 5.75 Å². The highest BCUT2D eigenvalue weighted by Gasteiger charge is 2.13. The first-order valence-electron chi connectivity index (χ1n) is 7.04. The van der Waals surface area contributed by atoms with Gasteiger partial charge < -0.3 is 5.11 Å². The molecule has 0 saturated heterocycles. The molecule has 0 fully saturated rings. The monoisotopic (exact) mass is 593 g/mol. The molecule has 2 N–H and O–H groups in total. The summed E-state index contributed by atoms with van der Waals surface area (Å²) >= 11 is 5.26. The topological polar surface area (TPSA) is 105 Å². The highest BCUT2D eigenvalue weighted by molar-refractivity contribution is 14.1. The summed E-state index contributed by atoms with van der Waals surface area (Å²) in [5.41, 5.74) is 3.16. The lowest BCUT2D eigenvalue weighted by molar-refractivity contribution is -0.384. The van der Waals surface area contributed by atoms with Gasteiger partial charge in [-0.05, 0) is 75.0 Å². The predicted molar refractivity (Wildman–Crippen MR) is 117 cm³/mol. The number of amides is 1. The molecule has 0 radical (unpaired) electrons. The second-order valence-electron chi connectivity index (χ2n) is 5.12. The maximum atomic E-state index is 12.2. The van der Waals surface area contributed by atoms with Crippen LogP contribution in [0.4, 0.5) is 5.69 Å². The van der Waals surface area contributed by atoms with Crippen LogP contribution in [-0.2, 0) is 0 Å². The van der Waals surface area contributed by atoms with Crippen LogP contribution in [0.1, 0.15) is 15.2 Å². The third-order valence-corrected chi connectivity index (χ3v) is 6.11. The van der Waals surface area contributed by atoms with E-state index in [1.807, 2.05) is 45.2 Å². The molecule has 3 rings (SSSR count). The summed E-state index contributed by atoms with van der Waals surface area (Å²) in [6, 6.07) is 9.56. The Morgan fingerprint density at radius 3 is 2.58 bits per heavy atom. The lowest BCUT2D eigenvalue weighted by Gasteiger charge is -2.02. The number of halogens is 2. The number of carbonyl (C=O) groups excluding carboxylic acids is 1. The molecule has 0 unspecified atom stereocenters. The van der Waals surface area contributed by atoms with Crippen LogP contribution >= 0.6 is 56.5 Å². The minimum Gasteiger partial charge on any atom is -0.506 e. The number of benzene rings is 2. The standard InChI is InChI=1S/C16H9I2N3O4S/c17-11-3-8(4-12(18)15(11)22)7-19-20-16(23)14-6-9-5-10(21(24)25)1-2-13(9)26-14/h1-7,22H,(H,20,23)/b19-7-. The van der Waals surface area contributed by atoms with Crippen molar-refractivity contribution >= 4 is 84.4 Å². The summed E-state index contributed by atoms with van der Waals surface area (Å²) in [4.78, 5) is 23.0. The van der Waals surface area contributed by atoms with Crippen molar-refractivity contribution in [2.45, 2.75) is 0 Å². The summed E-state index contributed by atoms with van der Waals surface area (Å²) in [5, 5.41) is 25.1. The zero-order valence-corrected chi connectivity index (χ0v) is 17.9. The minimum absolute atomic E-state index is 0.0168. The number of phenols is 1. The molecule has 3 aromatic rings. The Bertz CT molecular complexity index is 1040. The number of thiophene rings is 1. The Hall–Kier alpha value is -1.80. The van der Waals surface area contributed by atoms with E-state index in [0.717, 1.165) is 10.3 Å². The average molecular weight is 593 g/mol. The summed E-state index contributed by atoms with van der Waals surface area (Å²) in [6.45, 7) is 0. The van der Waals surface area contributed by atoms with Crippen LogP contribution in [-0.4, -0.2) is 22.2 Å². The van der Waals surface area contributed by atoms with Crippen LogP contribution in [0, 0.1) is 17.3 Å². The Morgan fingerprint density at radius 2 is 1.92 bits per heavy atom. The molecule has 10 heteroatoms. The second kappa shape index (κ2) is 7.84. The first-order valence-corrected chi connectivity index (χ1v) is 10.0. The fourth-order valence-corrected chi connectivity index (χ4v) is 4.89.